The minimum atomic E-state index is 1.09. The molecular weight excluding hydrogens is 725 g/mol. The fourth-order valence-corrected chi connectivity index (χ4v) is 8.89. The van der Waals surface area contributed by atoms with Gasteiger partial charge in [-0.2, -0.15) is 0 Å². The summed E-state index contributed by atoms with van der Waals surface area (Å²) in [4.78, 5) is 2.36. The van der Waals surface area contributed by atoms with Crippen molar-refractivity contribution in [1.82, 2.24) is 4.57 Å². The van der Waals surface area contributed by atoms with Crippen LogP contribution in [-0.2, 0) is 0 Å². The first-order chi connectivity index (χ1) is 29.8. The van der Waals surface area contributed by atoms with E-state index < -0.39 is 0 Å². The fraction of sp³-hybridized carbons (Fsp3) is 0. The predicted molar refractivity (Wildman–Crippen MR) is 255 cm³/mol. The molecule has 0 unspecified atom stereocenters. The third-order valence-electron chi connectivity index (χ3n) is 11.8. The number of hydrogen-bond acceptors (Lipinski definition) is 1. The van der Waals surface area contributed by atoms with Gasteiger partial charge in [-0.05, 0) is 104 Å². The Kier molecular flexibility index (Phi) is 8.87. The van der Waals surface area contributed by atoms with E-state index >= 15 is 0 Å². The van der Waals surface area contributed by atoms with E-state index in [1.807, 2.05) is 0 Å². The summed E-state index contributed by atoms with van der Waals surface area (Å²) >= 11 is 0. The number of nitrogens with zero attached hydrogens (tertiary/aromatic N) is 2. The lowest BCUT2D eigenvalue weighted by molar-refractivity contribution is 1.18. The van der Waals surface area contributed by atoms with E-state index in [-0.39, 0.29) is 0 Å². The first kappa shape index (κ1) is 35.2. The van der Waals surface area contributed by atoms with E-state index in [4.69, 9.17) is 0 Å². The number of para-hydroxylation sites is 3. The number of fused-ring (bicyclic) bond motifs is 4. The molecular formula is C58H40N2. The first-order valence-corrected chi connectivity index (χ1v) is 20.6. The molecule has 0 saturated heterocycles. The zero-order valence-electron chi connectivity index (χ0n) is 33.0. The van der Waals surface area contributed by atoms with E-state index in [9.17, 15) is 0 Å². The van der Waals surface area contributed by atoms with Gasteiger partial charge in [0.1, 0.15) is 0 Å². The summed E-state index contributed by atoms with van der Waals surface area (Å²) < 4.78 is 2.41. The number of anilines is 3. The molecule has 0 amide bonds. The molecule has 0 bridgehead atoms. The van der Waals surface area contributed by atoms with Crippen molar-refractivity contribution in [1.29, 1.82) is 0 Å². The number of rotatable bonds is 8. The van der Waals surface area contributed by atoms with E-state index in [0.29, 0.717) is 0 Å². The zero-order valence-corrected chi connectivity index (χ0v) is 33.0. The van der Waals surface area contributed by atoms with Crippen LogP contribution < -0.4 is 4.90 Å². The van der Waals surface area contributed by atoms with E-state index in [1.54, 1.807) is 0 Å². The maximum atomic E-state index is 2.41. The molecule has 1 heterocycles. The van der Waals surface area contributed by atoms with Crippen LogP contribution in [0, 0.1) is 0 Å². The zero-order chi connectivity index (χ0) is 39.8. The average Bonchev–Trinajstić information content (AvgIpc) is 3.67. The summed E-state index contributed by atoms with van der Waals surface area (Å²) in [5, 5.41) is 5.02. The Balaban J connectivity index is 0.979. The third-order valence-corrected chi connectivity index (χ3v) is 11.8. The van der Waals surface area contributed by atoms with Gasteiger partial charge in [-0.3, -0.25) is 0 Å². The highest BCUT2D eigenvalue weighted by Gasteiger charge is 2.17. The van der Waals surface area contributed by atoms with Crippen LogP contribution in [-0.4, -0.2) is 4.57 Å². The summed E-state index contributed by atoms with van der Waals surface area (Å²) in [5.41, 5.74) is 16.4. The van der Waals surface area contributed by atoms with Gasteiger partial charge in [-0.25, -0.2) is 0 Å². The van der Waals surface area contributed by atoms with Crippen LogP contribution in [0.3, 0.4) is 0 Å². The third kappa shape index (κ3) is 6.32. The van der Waals surface area contributed by atoms with Crippen molar-refractivity contribution in [3.05, 3.63) is 243 Å². The average molecular weight is 765 g/mol. The van der Waals surface area contributed by atoms with Crippen LogP contribution in [0.4, 0.5) is 17.1 Å². The van der Waals surface area contributed by atoms with Crippen molar-refractivity contribution in [3.8, 4) is 50.2 Å². The SMILES string of the molecule is c1ccc(-c2ccc(-c3ccc(N(c4ccc(-c5ccccc5-n5c6ccccc6c6ccccc65)cc4)c4ccc(-c5cccc6ccccc56)cc4)cc3)cc2)cc1. The summed E-state index contributed by atoms with van der Waals surface area (Å²) in [6, 6.07) is 87.8. The van der Waals surface area contributed by atoms with Crippen molar-refractivity contribution in [3.63, 3.8) is 0 Å². The van der Waals surface area contributed by atoms with Gasteiger partial charge in [-0.15, -0.1) is 0 Å². The number of hydrogen-bond donors (Lipinski definition) is 0. The molecule has 1 aromatic heterocycles. The lowest BCUT2D eigenvalue weighted by atomic mass is 9.98. The van der Waals surface area contributed by atoms with Gasteiger partial charge in [0, 0.05) is 33.4 Å². The Hall–Kier alpha value is -7.94. The van der Waals surface area contributed by atoms with Gasteiger partial charge in [-0.1, -0.05) is 188 Å². The molecule has 0 radical (unpaired) electrons. The Labute approximate surface area is 350 Å². The van der Waals surface area contributed by atoms with Crippen LogP contribution >= 0.6 is 0 Å². The highest BCUT2D eigenvalue weighted by Crippen LogP contribution is 2.40. The maximum Gasteiger partial charge on any atom is 0.0541 e. The van der Waals surface area contributed by atoms with Gasteiger partial charge < -0.3 is 9.47 Å². The van der Waals surface area contributed by atoms with Crippen molar-refractivity contribution in [2.24, 2.45) is 0 Å². The summed E-state index contributed by atoms with van der Waals surface area (Å²) in [5.74, 6) is 0. The molecule has 60 heavy (non-hydrogen) atoms. The van der Waals surface area contributed by atoms with Crippen LogP contribution in [0.15, 0.2) is 243 Å². The first-order valence-electron chi connectivity index (χ1n) is 20.6. The Bertz CT molecular complexity index is 3210. The molecule has 0 aliphatic heterocycles. The molecule has 10 aromatic carbocycles. The number of aromatic nitrogens is 1. The second kappa shape index (κ2) is 15.1. The van der Waals surface area contributed by atoms with Gasteiger partial charge in [0.15, 0.2) is 0 Å². The van der Waals surface area contributed by atoms with Crippen LogP contribution in [0.2, 0.25) is 0 Å². The summed E-state index contributed by atoms with van der Waals surface area (Å²) in [6.07, 6.45) is 0. The fourth-order valence-electron chi connectivity index (χ4n) is 8.89. The van der Waals surface area contributed by atoms with Gasteiger partial charge in [0.05, 0.1) is 16.7 Å². The second-order valence-electron chi connectivity index (χ2n) is 15.3. The Morgan fingerprint density at radius 3 is 1.22 bits per heavy atom. The second-order valence-corrected chi connectivity index (χ2v) is 15.3. The predicted octanol–water partition coefficient (Wildman–Crippen LogP) is 16.1. The van der Waals surface area contributed by atoms with Crippen molar-refractivity contribution in [2.45, 2.75) is 0 Å². The van der Waals surface area contributed by atoms with Gasteiger partial charge in [0.25, 0.3) is 0 Å². The van der Waals surface area contributed by atoms with Crippen LogP contribution in [0.25, 0.3) is 82.8 Å². The quantitative estimate of drug-likeness (QED) is 0.150. The smallest absolute Gasteiger partial charge is 0.0541 e. The van der Waals surface area contributed by atoms with E-state index in [2.05, 4.69) is 252 Å². The molecule has 0 aliphatic carbocycles. The highest BCUT2D eigenvalue weighted by atomic mass is 15.1. The highest BCUT2D eigenvalue weighted by molar-refractivity contribution is 6.09. The molecule has 0 aliphatic rings. The minimum absolute atomic E-state index is 1.09. The summed E-state index contributed by atoms with van der Waals surface area (Å²) in [6.45, 7) is 0. The molecule has 11 rings (SSSR count). The van der Waals surface area contributed by atoms with Crippen molar-refractivity contribution >= 4 is 49.6 Å². The van der Waals surface area contributed by atoms with Crippen molar-refractivity contribution in [2.75, 3.05) is 4.90 Å². The number of benzene rings is 10. The van der Waals surface area contributed by atoms with Gasteiger partial charge in [0.2, 0.25) is 0 Å². The molecule has 0 fully saturated rings. The molecule has 0 N–H and O–H groups in total. The largest absolute Gasteiger partial charge is 0.311 e. The summed E-state index contributed by atoms with van der Waals surface area (Å²) in [7, 11) is 0. The molecule has 2 nitrogen and oxygen atoms in total. The molecule has 0 saturated carbocycles. The lowest BCUT2D eigenvalue weighted by Crippen LogP contribution is -2.09. The van der Waals surface area contributed by atoms with Crippen LogP contribution in [0.5, 0.6) is 0 Å². The van der Waals surface area contributed by atoms with Gasteiger partial charge >= 0.3 is 0 Å². The normalized spacial score (nSPS) is 11.3. The molecule has 11 aromatic rings. The van der Waals surface area contributed by atoms with Crippen LogP contribution in [0.1, 0.15) is 0 Å². The Morgan fingerprint density at radius 2 is 0.633 bits per heavy atom. The van der Waals surface area contributed by atoms with Crippen molar-refractivity contribution < 1.29 is 0 Å². The molecule has 0 spiro atoms. The lowest BCUT2D eigenvalue weighted by Gasteiger charge is -2.26. The topological polar surface area (TPSA) is 8.17 Å². The monoisotopic (exact) mass is 764 g/mol. The van der Waals surface area contributed by atoms with E-state index in [0.717, 1.165) is 28.3 Å². The Morgan fingerprint density at radius 1 is 0.250 bits per heavy atom. The molecule has 282 valence electrons. The van der Waals surface area contributed by atoms with E-state index in [1.165, 1.54) is 71.5 Å². The molecule has 0 atom stereocenters. The minimum Gasteiger partial charge on any atom is -0.311 e. The standard InChI is InChI=1S/C58H40N2/c1-2-13-41(14-3-1)42-25-27-43(28-26-42)44-29-35-48(36-30-44)59(49-37-31-46(32-38-49)52-21-12-16-45-15-4-5-17-51(45)52)50-39-33-47(34-40-50)53-18-6-9-22-56(53)60-57-23-10-7-19-54(57)55-20-8-11-24-58(55)60/h1-40H. The molecule has 2 heteroatoms. The maximum absolute atomic E-state index is 2.41.